The quantitative estimate of drug-likeness (QED) is 0.150. The van der Waals surface area contributed by atoms with Gasteiger partial charge >= 0.3 is 0 Å². The summed E-state index contributed by atoms with van der Waals surface area (Å²) in [5.41, 5.74) is 2.01. The number of hydrogen-bond donors (Lipinski definition) is 1. The largest absolute Gasteiger partial charge is 0.497 e. The number of thioether (sulfide) groups is 2. The number of thiocarbonyl (C=S) groups is 1. The van der Waals surface area contributed by atoms with Gasteiger partial charge in [-0.1, -0.05) is 102 Å². The molecule has 3 aromatic rings. The van der Waals surface area contributed by atoms with Crippen LogP contribution in [0.5, 0.6) is 5.75 Å². The number of rotatable bonds is 10. The topological polar surface area (TPSA) is 84.4 Å². The number of carbonyl (C=O) groups excluding carboxylic acids is 2. The highest BCUT2D eigenvalue weighted by Crippen LogP contribution is 2.33. The van der Waals surface area contributed by atoms with Crippen LogP contribution in [0.4, 0.5) is 5.13 Å². The predicted octanol–water partition coefficient (Wildman–Crippen LogP) is 5.58. The summed E-state index contributed by atoms with van der Waals surface area (Å²) in [6.45, 7) is 0.196. The van der Waals surface area contributed by atoms with Gasteiger partial charge in [-0.3, -0.25) is 14.5 Å². The number of amides is 2. The second-order valence-electron chi connectivity index (χ2n) is 7.40. The molecule has 36 heavy (non-hydrogen) atoms. The van der Waals surface area contributed by atoms with Gasteiger partial charge in [0.2, 0.25) is 11.0 Å². The van der Waals surface area contributed by atoms with Crippen LogP contribution in [-0.2, 0) is 9.59 Å². The molecule has 0 bridgehead atoms. The van der Waals surface area contributed by atoms with Gasteiger partial charge in [-0.15, -0.1) is 10.2 Å². The average Bonchev–Trinajstić information content (AvgIpc) is 3.44. The molecule has 0 saturated carbocycles. The Balaban J connectivity index is 1.23. The van der Waals surface area contributed by atoms with E-state index in [0.717, 1.165) is 27.0 Å². The molecule has 11 heteroatoms. The fourth-order valence-corrected chi connectivity index (χ4v) is 6.04. The van der Waals surface area contributed by atoms with Crippen molar-refractivity contribution in [2.75, 3.05) is 24.7 Å². The Morgan fingerprint density at radius 2 is 1.92 bits per heavy atom. The summed E-state index contributed by atoms with van der Waals surface area (Å²) < 4.78 is 6.36. The molecule has 0 radical (unpaired) electrons. The van der Waals surface area contributed by atoms with Gasteiger partial charge in [-0.05, 0) is 29.3 Å². The Hall–Kier alpha value is -2.99. The highest BCUT2D eigenvalue weighted by molar-refractivity contribution is 8.26. The maximum absolute atomic E-state index is 12.8. The summed E-state index contributed by atoms with van der Waals surface area (Å²) >= 11 is 9.46. The monoisotopic (exact) mass is 554 g/mol. The van der Waals surface area contributed by atoms with Gasteiger partial charge in [-0.2, -0.15) is 0 Å². The van der Waals surface area contributed by atoms with Crippen LogP contribution >= 0.6 is 47.1 Å². The van der Waals surface area contributed by atoms with Gasteiger partial charge in [-0.25, -0.2) is 0 Å². The maximum Gasteiger partial charge on any atom is 0.266 e. The molecule has 184 valence electrons. The lowest BCUT2D eigenvalue weighted by molar-refractivity contribution is -0.122. The number of aromatic nitrogens is 2. The van der Waals surface area contributed by atoms with E-state index in [2.05, 4.69) is 27.7 Å². The standard InChI is InChI=1S/C25H22N4O3S4/c1-32-19-11-9-18(10-12-19)16-20-22(31)29(25(33)35-20)14-13-21(30)26-23-27-28-24(36-23)34-15-5-8-17-6-3-2-4-7-17/h2-12,16H,13-15H2,1H3,(H,26,27,30)/b8-5+,20-16+. The molecule has 4 rings (SSSR count). The molecule has 1 fully saturated rings. The minimum atomic E-state index is -0.250. The molecule has 0 atom stereocenters. The van der Waals surface area contributed by atoms with Crippen molar-refractivity contribution in [1.82, 2.24) is 15.1 Å². The van der Waals surface area contributed by atoms with Crippen molar-refractivity contribution in [3.8, 4) is 5.75 Å². The predicted molar refractivity (Wildman–Crippen MR) is 152 cm³/mol. The summed E-state index contributed by atoms with van der Waals surface area (Å²) in [5, 5.41) is 11.3. The number of nitrogens with one attached hydrogen (secondary N) is 1. The average molecular weight is 555 g/mol. The fraction of sp³-hybridized carbons (Fsp3) is 0.160. The Kier molecular flexibility index (Phi) is 9.29. The molecule has 2 amide bonds. The van der Waals surface area contributed by atoms with E-state index in [9.17, 15) is 9.59 Å². The van der Waals surface area contributed by atoms with Crippen LogP contribution in [0, 0.1) is 0 Å². The Labute approximate surface area is 227 Å². The van der Waals surface area contributed by atoms with Crippen molar-refractivity contribution in [2.45, 2.75) is 10.8 Å². The number of anilines is 1. The van der Waals surface area contributed by atoms with E-state index in [-0.39, 0.29) is 24.8 Å². The normalized spacial score (nSPS) is 14.7. The van der Waals surface area contributed by atoms with Crippen LogP contribution in [0.15, 0.2) is 69.9 Å². The Morgan fingerprint density at radius 3 is 2.67 bits per heavy atom. The molecule has 7 nitrogen and oxygen atoms in total. The summed E-state index contributed by atoms with van der Waals surface area (Å²) in [7, 11) is 1.60. The second kappa shape index (κ2) is 12.8. The van der Waals surface area contributed by atoms with Gasteiger partial charge in [0.05, 0.1) is 12.0 Å². The molecular weight excluding hydrogens is 533 g/mol. The van der Waals surface area contributed by atoms with Crippen molar-refractivity contribution in [2.24, 2.45) is 0 Å². The number of ether oxygens (including phenoxy) is 1. The lowest BCUT2D eigenvalue weighted by atomic mass is 10.2. The highest BCUT2D eigenvalue weighted by Gasteiger charge is 2.32. The van der Waals surface area contributed by atoms with Crippen molar-refractivity contribution < 1.29 is 14.3 Å². The molecule has 1 aromatic heterocycles. The number of benzene rings is 2. The Bertz CT molecular complexity index is 1290. The first-order valence-electron chi connectivity index (χ1n) is 10.9. The summed E-state index contributed by atoms with van der Waals surface area (Å²) in [6, 6.07) is 17.5. The third kappa shape index (κ3) is 7.26. The Morgan fingerprint density at radius 1 is 1.14 bits per heavy atom. The van der Waals surface area contributed by atoms with E-state index < -0.39 is 0 Å². The third-order valence-electron chi connectivity index (χ3n) is 4.92. The van der Waals surface area contributed by atoms with E-state index in [1.807, 2.05) is 54.6 Å². The molecule has 1 N–H and O–H groups in total. The van der Waals surface area contributed by atoms with Crippen LogP contribution in [0.2, 0.25) is 0 Å². The molecule has 0 aliphatic carbocycles. The van der Waals surface area contributed by atoms with Crippen LogP contribution < -0.4 is 10.1 Å². The molecule has 2 heterocycles. The molecular formula is C25H22N4O3S4. The highest BCUT2D eigenvalue weighted by atomic mass is 32.2. The summed E-state index contributed by atoms with van der Waals surface area (Å²) in [4.78, 5) is 27.2. The number of hydrogen-bond acceptors (Lipinski definition) is 9. The third-order valence-corrected chi connectivity index (χ3v) is 8.22. The van der Waals surface area contributed by atoms with Crippen LogP contribution in [0.3, 0.4) is 0 Å². The smallest absolute Gasteiger partial charge is 0.266 e. The van der Waals surface area contributed by atoms with Crippen LogP contribution in [-0.4, -0.2) is 50.6 Å². The van der Waals surface area contributed by atoms with Gasteiger partial charge in [0.1, 0.15) is 10.1 Å². The molecule has 2 aromatic carbocycles. The summed E-state index contributed by atoms with van der Waals surface area (Å²) in [6.07, 6.45) is 6.00. The maximum atomic E-state index is 12.8. The molecule has 1 aliphatic heterocycles. The van der Waals surface area contributed by atoms with Gasteiger partial charge in [0, 0.05) is 18.7 Å². The lowest BCUT2D eigenvalue weighted by Crippen LogP contribution is -2.31. The molecule has 0 spiro atoms. The van der Waals surface area contributed by atoms with E-state index in [1.165, 1.54) is 28.0 Å². The zero-order valence-corrected chi connectivity index (χ0v) is 22.5. The van der Waals surface area contributed by atoms with Crippen molar-refractivity contribution >= 4 is 80.5 Å². The van der Waals surface area contributed by atoms with E-state index in [0.29, 0.717) is 14.4 Å². The minimum absolute atomic E-state index is 0.101. The van der Waals surface area contributed by atoms with Crippen molar-refractivity contribution in [3.05, 3.63) is 76.7 Å². The number of nitrogens with zero attached hydrogens (tertiary/aromatic N) is 3. The molecule has 1 aliphatic rings. The lowest BCUT2D eigenvalue weighted by Gasteiger charge is -2.13. The molecule has 0 unspecified atom stereocenters. The second-order valence-corrected chi connectivity index (χ2v) is 11.3. The van der Waals surface area contributed by atoms with E-state index >= 15 is 0 Å². The number of carbonyl (C=O) groups is 2. The van der Waals surface area contributed by atoms with E-state index in [4.69, 9.17) is 17.0 Å². The minimum Gasteiger partial charge on any atom is -0.497 e. The zero-order chi connectivity index (χ0) is 25.3. The van der Waals surface area contributed by atoms with Gasteiger partial charge < -0.3 is 10.1 Å². The SMILES string of the molecule is COc1ccc(/C=C2/SC(=S)N(CCC(=O)Nc3nnc(SC/C=C/c4ccccc4)s3)C2=O)cc1. The van der Waals surface area contributed by atoms with Gasteiger partial charge in [0.15, 0.2) is 4.34 Å². The first-order valence-corrected chi connectivity index (χ1v) is 13.9. The first kappa shape index (κ1) is 26.1. The van der Waals surface area contributed by atoms with Crippen molar-refractivity contribution in [1.29, 1.82) is 0 Å². The molecule has 1 saturated heterocycles. The summed E-state index contributed by atoms with van der Waals surface area (Å²) in [5.74, 6) is 1.04. The first-order chi connectivity index (χ1) is 17.5. The van der Waals surface area contributed by atoms with Crippen LogP contribution in [0.1, 0.15) is 17.5 Å². The zero-order valence-electron chi connectivity index (χ0n) is 19.2. The van der Waals surface area contributed by atoms with E-state index in [1.54, 1.807) is 24.9 Å². The number of methoxy groups -OCH3 is 1. The fourth-order valence-electron chi connectivity index (χ4n) is 3.13. The van der Waals surface area contributed by atoms with Crippen LogP contribution in [0.25, 0.3) is 12.2 Å². The van der Waals surface area contributed by atoms with Gasteiger partial charge in [0.25, 0.3) is 5.91 Å². The van der Waals surface area contributed by atoms with Crippen molar-refractivity contribution in [3.63, 3.8) is 0 Å².